The minimum atomic E-state index is 0.567. The van der Waals surface area contributed by atoms with Crippen LogP contribution in [0.25, 0.3) is 5.82 Å². The van der Waals surface area contributed by atoms with E-state index in [2.05, 4.69) is 38.4 Å². The van der Waals surface area contributed by atoms with Crippen molar-refractivity contribution in [3.8, 4) is 5.82 Å². The van der Waals surface area contributed by atoms with E-state index in [-0.39, 0.29) is 0 Å². The molecular weight excluding hydrogens is 264 g/mol. The van der Waals surface area contributed by atoms with Crippen LogP contribution in [0.4, 0.5) is 5.69 Å². The van der Waals surface area contributed by atoms with Crippen molar-refractivity contribution in [2.45, 2.75) is 43.8 Å². The molecule has 0 aromatic carbocycles. The van der Waals surface area contributed by atoms with E-state index in [0.717, 1.165) is 23.6 Å². The second-order valence-corrected chi connectivity index (χ2v) is 6.11. The Bertz CT molecular complexity index is 579. The molecule has 0 aliphatic carbocycles. The molecule has 0 saturated carbocycles. The number of nitrogens with zero attached hydrogens (tertiary/aromatic N) is 5. The zero-order valence-electron chi connectivity index (χ0n) is 12.2. The Morgan fingerprint density at radius 1 is 1.19 bits per heavy atom. The van der Waals surface area contributed by atoms with Gasteiger partial charge in [0.2, 0.25) is 0 Å². The fraction of sp³-hybridized carbons (Fsp3) is 0.533. The van der Waals surface area contributed by atoms with E-state index >= 15 is 0 Å². The highest BCUT2D eigenvalue weighted by Gasteiger charge is 2.38. The van der Waals surface area contributed by atoms with E-state index in [1.165, 1.54) is 32.0 Å². The largest absolute Gasteiger partial charge is 0.381 e. The molecule has 2 aliphatic heterocycles. The Labute approximate surface area is 124 Å². The molecule has 4 rings (SSSR count). The topological polar surface area (TPSA) is 58.9 Å². The summed E-state index contributed by atoms with van der Waals surface area (Å²) < 4.78 is 1.67. The van der Waals surface area contributed by atoms with E-state index in [0.29, 0.717) is 6.04 Å². The highest BCUT2D eigenvalue weighted by molar-refractivity contribution is 5.44. The number of piperidine rings is 1. The molecule has 6 nitrogen and oxygen atoms in total. The molecule has 2 bridgehead atoms. The minimum Gasteiger partial charge on any atom is -0.381 e. The van der Waals surface area contributed by atoms with E-state index in [9.17, 15) is 0 Å². The van der Waals surface area contributed by atoms with Crippen LogP contribution in [0.2, 0.25) is 0 Å². The number of nitrogens with one attached hydrogen (secondary N) is 1. The van der Waals surface area contributed by atoms with E-state index in [1.54, 1.807) is 11.0 Å². The van der Waals surface area contributed by atoms with Gasteiger partial charge < -0.3 is 10.2 Å². The van der Waals surface area contributed by atoms with Crippen molar-refractivity contribution >= 4 is 5.69 Å². The second-order valence-electron chi connectivity index (χ2n) is 6.11. The van der Waals surface area contributed by atoms with Crippen molar-refractivity contribution in [2.24, 2.45) is 0 Å². The van der Waals surface area contributed by atoms with Crippen molar-refractivity contribution in [3.05, 3.63) is 31.0 Å². The minimum absolute atomic E-state index is 0.567. The van der Waals surface area contributed by atoms with Crippen LogP contribution in [-0.2, 0) is 0 Å². The summed E-state index contributed by atoms with van der Waals surface area (Å²) in [6.45, 7) is 0. The van der Waals surface area contributed by atoms with Gasteiger partial charge in [-0.05, 0) is 44.9 Å². The Balaban J connectivity index is 1.44. The first-order valence-corrected chi connectivity index (χ1v) is 7.59. The molecular formula is C15H20N6. The molecule has 2 aromatic rings. The van der Waals surface area contributed by atoms with Gasteiger partial charge in [0, 0.05) is 18.1 Å². The average molecular weight is 284 g/mol. The maximum atomic E-state index is 4.44. The summed E-state index contributed by atoms with van der Waals surface area (Å²) >= 11 is 0. The van der Waals surface area contributed by atoms with Crippen LogP contribution in [-0.4, -0.2) is 49.8 Å². The summed E-state index contributed by atoms with van der Waals surface area (Å²) in [7, 11) is 2.27. The van der Waals surface area contributed by atoms with Crippen molar-refractivity contribution < 1.29 is 0 Å². The van der Waals surface area contributed by atoms with Crippen molar-refractivity contribution in [1.29, 1.82) is 0 Å². The van der Waals surface area contributed by atoms with Gasteiger partial charge in [-0.3, -0.25) is 0 Å². The van der Waals surface area contributed by atoms with Crippen LogP contribution in [0.15, 0.2) is 31.0 Å². The molecule has 1 N–H and O–H groups in total. The summed E-state index contributed by atoms with van der Waals surface area (Å²) in [5, 5.41) is 7.73. The zero-order chi connectivity index (χ0) is 14.2. The van der Waals surface area contributed by atoms with Gasteiger partial charge in [0.25, 0.3) is 0 Å². The molecule has 0 amide bonds. The van der Waals surface area contributed by atoms with Gasteiger partial charge in [0.05, 0.1) is 11.9 Å². The average Bonchev–Trinajstić information content (AvgIpc) is 3.08. The fourth-order valence-electron chi connectivity index (χ4n) is 3.70. The number of fused-ring (bicyclic) bond motifs is 2. The molecule has 4 heterocycles. The number of aromatic nitrogens is 4. The van der Waals surface area contributed by atoms with Crippen LogP contribution >= 0.6 is 0 Å². The predicted molar refractivity (Wildman–Crippen MR) is 80.4 cm³/mol. The molecule has 0 radical (unpaired) electrons. The normalized spacial score (nSPS) is 28.7. The molecule has 6 heteroatoms. The van der Waals surface area contributed by atoms with Crippen LogP contribution in [0, 0.1) is 0 Å². The summed E-state index contributed by atoms with van der Waals surface area (Å²) in [6.07, 6.45) is 10.2. The van der Waals surface area contributed by atoms with E-state index in [1.807, 2.05) is 12.3 Å². The third-order valence-electron chi connectivity index (χ3n) is 4.87. The summed E-state index contributed by atoms with van der Waals surface area (Å²) in [5.41, 5.74) is 1.09. The number of hydrogen-bond acceptors (Lipinski definition) is 5. The maximum absolute atomic E-state index is 4.44. The van der Waals surface area contributed by atoms with Gasteiger partial charge in [-0.2, -0.15) is 5.10 Å². The third kappa shape index (κ3) is 2.40. The standard InChI is InChI=1S/C15H20N6/c1-20-13-3-4-14(20)7-12(6-13)19-11-2-5-15(17-8-11)21-10-16-9-18-21/h2,5,8-10,12-14,19H,3-4,6-7H2,1H3. The maximum Gasteiger partial charge on any atom is 0.155 e. The predicted octanol–water partition coefficient (Wildman–Crippen LogP) is 1.70. The van der Waals surface area contributed by atoms with Crippen molar-refractivity contribution in [1.82, 2.24) is 24.6 Å². The number of rotatable bonds is 3. The van der Waals surface area contributed by atoms with Crippen molar-refractivity contribution in [2.75, 3.05) is 12.4 Å². The van der Waals surface area contributed by atoms with Crippen LogP contribution in [0.3, 0.4) is 0 Å². The number of pyridine rings is 1. The van der Waals surface area contributed by atoms with Gasteiger partial charge in [0.15, 0.2) is 5.82 Å². The van der Waals surface area contributed by atoms with Gasteiger partial charge >= 0.3 is 0 Å². The summed E-state index contributed by atoms with van der Waals surface area (Å²) in [6, 6.07) is 6.12. The number of hydrogen-bond donors (Lipinski definition) is 1. The molecule has 2 fully saturated rings. The molecule has 110 valence electrons. The second kappa shape index (κ2) is 5.11. The quantitative estimate of drug-likeness (QED) is 0.929. The van der Waals surface area contributed by atoms with E-state index in [4.69, 9.17) is 0 Å². The Morgan fingerprint density at radius 2 is 2.00 bits per heavy atom. The van der Waals surface area contributed by atoms with Crippen LogP contribution in [0.5, 0.6) is 0 Å². The first-order valence-electron chi connectivity index (χ1n) is 7.59. The third-order valence-corrected chi connectivity index (χ3v) is 4.87. The van der Waals surface area contributed by atoms with Gasteiger partial charge in [-0.1, -0.05) is 0 Å². The fourth-order valence-corrected chi connectivity index (χ4v) is 3.70. The van der Waals surface area contributed by atoms with Gasteiger partial charge in [0.1, 0.15) is 12.7 Å². The first-order chi connectivity index (χ1) is 10.3. The Kier molecular flexibility index (Phi) is 3.11. The van der Waals surface area contributed by atoms with Gasteiger partial charge in [-0.25, -0.2) is 14.6 Å². The smallest absolute Gasteiger partial charge is 0.155 e. The van der Waals surface area contributed by atoms with Gasteiger partial charge in [-0.15, -0.1) is 0 Å². The molecule has 2 saturated heterocycles. The summed E-state index contributed by atoms with van der Waals surface area (Å²) in [5.74, 6) is 0.793. The van der Waals surface area contributed by atoms with Crippen LogP contribution in [0.1, 0.15) is 25.7 Å². The lowest BCUT2D eigenvalue weighted by atomic mass is 9.98. The summed E-state index contributed by atoms with van der Waals surface area (Å²) in [4.78, 5) is 10.9. The zero-order valence-corrected chi connectivity index (χ0v) is 12.2. The molecule has 2 aromatic heterocycles. The molecule has 2 unspecified atom stereocenters. The molecule has 21 heavy (non-hydrogen) atoms. The highest BCUT2D eigenvalue weighted by Crippen LogP contribution is 2.35. The van der Waals surface area contributed by atoms with Crippen molar-refractivity contribution in [3.63, 3.8) is 0 Å². The Morgan fingerprint density at radius 3 is 2.62 bits per heavy atom. The monoisotopic (exact) mass is 284 g/mol. The van der Waals surface area contributed by atoms with E-state index < -0.39 is 0 Å². The number of anilines is 1. The first kappa shape index (κ1) is 12.8. The lowest BCUT2D eigenvalue weighted by molar-refractivity contribution is 0.169. The molecule has 0 spiro atoms. The molecule has 2 aliphatic rings. The molecule has 2 atom stereocenters. The van der Waals surface area contributed by atoms with Crippen LogP contribution < -0.4 is 5.32 Å². The Hall–Kier alpha value is -1.95. The SMILES string of the molecule is CN1C2CCC1CC(Nc1ccc(-n3cncn3)nc1)C2. The lowest BCUT2D eigenvalue weighted by Crippen LogP contribution is -2.44. The lowest BCUT2D eigenvalue weighted by Gasteiger charge is -2.37. The highest BCUT2D eigenvalue weighted by atomic mass is 15.3.